The van der Waals surface area contributed by atoms with Crippen LogP contribution in [0.5, 0.6) is 5.75 Å². The number of thiophene rings is 1. The topological polar surface area (TPSA) is 129 Å². The Morgan fingerprint density at radius 2 is 1.95 bits per heavy atom. The second-order valence-electron chi connectivity index (χ2n) is 8.29. The van der Waals surface area contributed by atoms with E-state index >= 15 is 0 Å². The number of carboxylic acids is 1. The van der Waals surface area contributed by atoms with Crippen LogP contribution < -0.4 is 10.3 Å². The van der Waals surface area contributed by atoms with Crippen molar-refractivity contribution in [1.29, 1.82) is 0 Å². The Morgan fingerprint density at radius 3 is 2.68 bits per heavy atom. The Balaban J connectivity index is 1.75. The predicted molar refractivity (Wildman–Crippen MR) is 146 cm³/mol. The van der Waals surface area contributed by atoms with Crippen LogP contribution in [0, 0.1) is 0 Å². The Labute approximate surface area is 224 Å². The summed E-state index contributed by atoms with van der Waals surface area (Å²) in [5.74, 6) is -1.06. The number of carbonyl (C=O) groups excluding carboxylic acids is 1. The average Bonchev–Trinajstić information content (AvgIpc) is 3.43. The molecule has 1 amide bonds. The molecule has 0 aliphatic rings. The van der Waals surface area contributed by atoms with Gasteiger partial charge in [0.15, 0.2) is 0 Å². The van der Waals surface area contributed by atoms with Crippen molar-refractivity contribution < 1.29 is 23.6 Å². The number of nitrogens with one attached hydrogen (secondary N) is 1. The third-order valence-electron chi connectivity index (χ3n) is 5.74. The van der Waals surface area contributed by atoms with E-state index in [2.05, 4.69) is 9.35 Å². The van der Waals surface area contributed by atoms with Gasteiger partial charge in [-0.15, -0.1) is 11.3 Å². The molecule has 0 unspecified atom stereocenters. The van der Waals surface area contributed by atoms with Crippen LogP contribution in [0.25, 0.3) is 10.9 Å². The summed E-state index contributed by atoms with van der Waals surface area (Å²) < 4.78 is 23.6. The highest BCUT2D eigenvalue weighted by atomic mass is 32.2. The van der Waals surface area contributed by atoms with Crippen LogP contribution in [0.3, 0.4) is 0 Å². The van der Waals surface area contributed by atoms with Gasteiger partial charge in [-0.1, -0.05) is 41.3 Å². The molecule has 2 aromatic heterocycles. The summed E-state index contributed by atoms with van der Waals surface area (Å²) in [6.45, 7) is 2.54. The normalized spacial score (nSPS) is 12.8. The first-order valence-electron chi connectivity index (χ1n) is 11.9. The van der Waals surface area contributed by atoms with E-state index in [4.69, 9.17) is 9.84 Å². The van der Waals surface area contributed by atoms with Gasteiger partial charge in [-0.05, 0) is 42.0 Å². The molecule has 4 rings (SSSR count). The molecule has 0 saturated carbocycles. The third kappa shape index (κ3) is 6.67. The quantitative estimate of drug-likeness (QED) is 0.259. The SMILES string of the molecule is CCN(Cc1cccs1)C(=O)[C@@H](N=[S-](=O)c1ccc2[nH]c(=O)ccc2c1)c1ccccc1OCCC(=O)O. The summed E-state index contributed by atoms with van der Waals surface area (Å²) in [6.07, 6.45) is -0.214. The molecule has 0 bridgehead atoms. The molecule has 0 saturated heterocycles. The van der Waals surface area contributed by atoms with Gasteiger partial charge < -0.3 is 28.3 Å². The highest BCUT2D eigenvalue weighted by molar-refractivity contribution is 7.74. The number of fused-ring (bicyclic) bond motifs is 1. The van der Waals surface area contributed by atoms with Gasteiger partial charge in [0, 0.05) is 28.6 Å². The first kappa shape index (κ1) is 27.1. The van der Waals surface area contributed by atoms with E-state index in [1.807, 2.05) is 24.4 Å². The third-order valence-corrected chi connectivity index (χ3v) is 7.66. The van der Waals surface area contributed by atoms with Crippen LogP contribution in [0.15, 0.2) is 86.2 Å². The minimum atomic E-state index is -1.94. The number of ether oxygens (including phenoxy) is 1. The summed E-state index contributed by atoms with van der Waals surface area (Å²) >= 11 is 1.53. The maximum Gasteiger partial charge on any atom is 0.306 e. The number of aromatic amines is 1. The first-order chi connectivity index (χ1) is 18.4. The molecule has 0 fully saturated rings. The number of aliphatic carboxylic acids is 1. The zero-order valence-electron chi connectivity index (χ0n) is 20.5. The van der Waals surface area contributed by atoms with E-state index in [0.717, 1.165) is 4.88 Å². The van der Waals surface area contributed by atoms with Crippen molar-refractivity contribution in [2.24, 2.45) is 4.36 Å². The summed E-state index contributed by atoms with van der Waals surface area (Å²) in [7, 11) is -1.94. The molecule has 2 heterocycles. The number of pyridine rings is 1. The molecular formula is C27H26N3O6S2-. The lowest BCUT2D eigenvalue weighted by Crippen LogP contribution is -2.34. The molecule has 11 heteroatoms. The van der Waals surface area contributed by atoms with Crippen molar-refractivity contribution >= 4 is 44.7 Å². The van der Waals surface area contributed by atoms with Gasteiger partial charge in [0.1, 0.15) is 11.8 Å². The minimum Gasteiger partial charge on any atom is -0.493 e. The lowest BCUT2D eigenvalue weighted by Gasteiger charge is -2.27. The molecule has 0 radical (unpaired) electrons. The number of likely N-dealkylation sites (N-methyl/N-ethyl adjacent to an activating group) is 1. The number of hydrogen-bond donors (Lipinski definition) is 2. The van der Waals surface area contributed by atoms with E-state index in [9.17, 15) is 18.6 Å². The highest BCUT2D eigenvalue weighted by Gasteiger charge is 2.26. The van der Waals surface area contributed by atoms with E-state index in [0.29, 0.717) is 40.2 Å². The number of para-hydroxylation sites is 1. The van der Waals surface area contributed by atoms with Crippen molar-refractivity contribution in [2.75, 3.05) is 13.2 Å². The molecule has 1 atom stereocenters. The fourth-order valence-electron chi connectivity index (χ4n) is 3.83. The molecule has 38 heavy (non-hydrogen) atoms. The number of aromatic nitrogens is 1. The number of carbonyl (C=O) groups is 2. The molecule has 0 aliphatic heterocycles. The Kier molecular flexibility index (Phi) is 8.93. The molecule has 0 spiro atoms. The van der Waals surface area contributed by atoms with E-state index < -0.39 is 22.6 Å². The Bertz CT molecular complexity index is 1580. The summed E-state index contributed by atoms with van der Waals surface area (Å²) in [4.78, 5) is 42.2. The summed E-state index contributed by atoms with van der Waals surface area (Å²) in [5.41, 5.74) is 0.744. The highest BCUT2D eigenvalue weighted by Crippen LogP contribution is 2.31. The van der Waals surface area contributed by atoms with Crippen LogP contribution >= 0.6 is 11.3 Å². The first-order valence-corrected chi connectivity index (χ1v) is 13.8. The Hall–Kier alpha value is -3.96. The number of benzene rings is 2. The van der Waals surface area contributed by atoms with Gasteiger partial charge in [-0.2, -0.15) is 10.6 Å². The maximum absolute atomic E-state index is 13.9. The van der Waals surface area contributed by atoms with Gasteiger partial charge in [-0.3, -0.25) is 14.4 Å². The minimum absolute atomic E-state index is 0.0914. The second kappa shape index (κ2) is 12.5. The van der Waals surface area contributed by atoms with E-state index in [-0.39, 0.29) is 24.5 Å². The van der Waals surface area contributed by atoms with Crippen molar-refractivity contribution in [1.82, 2.24) is 9.88 Å². The standard InChI is InChI=1S/C27H26N3O6S2/c1-2-30(17-19-6-5-15-37-19)27(34)26(21-7-3-4-8-23(21)36-14-13-25(32)33)29-38(35)20-10-11-22-18(16-20)9-12-24(31)28-22/h3-12,15-16,26H,2,13-14,17H2,1H3,(H,28,31)(H,32,33)/q-1/t26-/m0/s1. The molecule has 2 aromatic carbocycles. The largest absolute Gasteiger partial charge is 0.493 e. The summed E-state index contributed by atoms with van der Waals surface area (Å²) in [6, 6.07) is 17.3. The fourth-order valence-corrected chi connectivity index (χ4v) is 5.48. The number of amides is 1. The van der Waals surface area contributed by atoms with Gasteiger partial charge in [0.05, 0.1) is 19.6 Å². The van der Waals surface area contributed by atoms with Crippen molar-refractivity contribution in [3.8, 4) is 5.75 Å². The van der Waals surface area contributed by atoms with Crippen LogP contribution in [0.4, 0.5) is 0 Å². The second-order valence-corrected chi connectivity index (χ2v) is 10.5. The number of H-pyrrole nitrogens is 1. The van der Waals surface area contributed by atoms with Crippen molar-refractivity contribution in [2.45, 2.75) is 30.8 Å². The smallest absolute Gasteiger partial charge is 0.306 e. The maximum atomic E-state index is 13.9. The fraction of sp³-hybridized carbons (Fsp3) is 0.222. The Morgan fingerprint density at radius 1 is 1.13 bits per heavy atom. The van der Waals surface area contributed by atoms with E-state index in [1.165, 1.54) is 17.4 Å². The van der Waals surface area contributed by atoms with E-state index in [1.54, 1.807) is 53.4 Å². The predicted octanol–water partition coefficient (Wildman–Crippen LogP) is 4.74. The lowest BCUT2D eigenvalue weighted by molar-refractivity contribution is -0.137. The number of carboxylic acid groups (broad SMARTS) is 1. The zero-order chi connectivity index (χ0) is 27.1. The van der Waals surface area contributed by atoms with Crippen molar-refractivity contribution in [3.05, 3.63) is 92.9 Å². The van der Waals surface area contributed by atoms with Crippen LogP contribution in [-0.2, 0) is 30.9 Å². The number of hydrogen-bond acceptors (Lipinski definition) is 8. The zero-order valence-corrected chi connectivity index (χ0v) is 22.2. The molecule has 2 N–H and O–H groups in total. The van der Waals surface area contributed by atoms with Gasteiger partial charge in [0.2, 0.25) is 11.5 Å². The molecule has 9 nitrogen and oxygen atoms in total. The molecular weight excluding hydrogens is 526 g/mol. The van der Waals surface area contributed by atoms with Crippen LogP contribution in [-0.4, -0.2) is 40.0 Å². The van der Waals surface area contributed by atoms with Gasteiger partial charge in [-0.25, -0.2) is 0 Å². The number of rotatable bonds is 11. The van der Waals surface area contributed by atoms with Gasteiger partial charge in [0.25, 0.3) is 0 Å². The lowest BCUT2D eigenvalue weighted by atomic mass is 10.0. The van der Waals surface area contributed by atoms with Crippen LogP contribution in [0.2, 0.25) is 0 Å². The van der Waals surface area contributed by atoms with Gasteiger partial charge >= 0.3 is 5.97 Å². The average molecular weight is 553 g/mol. The van der Waals surface area contributed by atoms with Crippen molar-refractivity contribution in [3.63, 3.8) is 0 Å². The monoisotopic (exact) mass is 552 g/mol. The molecule has 0 aliphatic carbocycles. The number of nitrogens with zero attached hydrogens (tertiary/aromatic N) is 2. The summed E-state index contributed by atoms with van der Waals surface area (Å²) in [5, 5.41) is 11.6. The molecule has 4 aromatic rings. The van der Waals surface area contributed by atoms with Crippen LogP contribution in [0.1, 0.15) is 29.8 Å². The molecule has 198 valence electrons.